The number of sulfone groups is 1. The van der Waals surface area contributed by atoms with E-state index < -0.39 is 19.9 Å². The minimum Gasteiger partial charge on any atom is -0.219 e. The summed E-state index contributed by atoms with van der Waals surface area (Å²) < 4.78 is 54.3. The standard InChI is InChI=1S/C29H31NO4S3/c1-23-8-12-28(13-9-23)36(31,32)19-17-26-20-27(22-35-18-16-25-6-4-3-5-7-25)30(21-26)37(33,34)29-14-10-24(2)11-15-29/h3-19,26-27H,20-22H2,1-2H3/b18-16+,19-17+/t26-,27-/m0/s1. The van der Waals surface area contributed by atoms with Crippen molar-refractivity contribution < 1.29 is 16.8 Å². The summed E-state index contributed by atoms with van der Waals surface area (Å²) in [6.45, 7) is 4.06. The lowest BCUT2D eigenvalue weighted by Gasteiger charge is -2.23. The van der Waals surface area contributed by atoms with Crippen molar-refractivity contribution in [1.82, 2.24) is 4.31 Å². The van der Waals surface area contributed by atoms with Crippen LogP contribution in [0.25, 0.3) is 6.08 Å². The highest BCUT2D eigenvalue weighted by Crippen LogP contribution is 2.33. The molecule has 194 valence electrons. The van der Waals surface area contributed by atoms with Crippen LogP contribution in [-0.2, 0) is 19.9 Å². The van der Waals surface area contributed by atoms with Crippen LogP contribution in [0.15, 0.2) is 106 Å². The largest absolute Gasteiger partial charge is 0.243 e. The van der Waals surface area contributed by atoms with E-state index in [1.54, 1.807) is 66.4 Å². The Hall–Kier alpha value is -2.65. The van der Waals surface area contributed by atoms with Crippen LogP contribution in [0.1, 0.15) is 23.1 Å². The number of hydrogen-bond donors (Lipinski definition) is 0. The fraction of sp³-hybridized carbons (Fsp3) is 0.241. The summed E-state index contributed by atoms with van der Waals surface area (Å²) in [6.07, 6.45) is 4.21. The molecule has 0 aromatic heterocycles. The maximum Gasteiger partial charge on any atom is 0.243 e. The van der Waals surface area contributed by atoms with E-state index in [4.69, 9.17) is 0 Å². The lowest BCUT2D eigenvalue weighted by molar-refractivity contribution is 0.411. The zero-order valence-electron chi connectivity index (χ0n) is 20.9. The summed E-state index contributed by atoms with van der Waals surface area (Å²) in [7, 11) is -7.33. The first kappa shape index (κ1) is 27.4. The Morgan fingerprint density at radius 3 is 2.05 bits per heavy atom. The number of nitrogens with zero attached hydrogens (tertiary/aromatic N) is 1. The first-order valence-corrected chi connectivity index (χ1v) is 16.1. The quantitative estimate of drug-likeness (QED) is 0.321. The third-order valence-electron chi connectivity index (χ3n) is 6.35. The van der Waals surface area contributed by atoms with Crippen LogP contribution in [0.5, 0.6) is 0 Å². The number of benzene rings is 3. The Kier molecular flexibility index (Phi) is 8.75. The second kappa shape index (κ2) is 11.8. The summed E-state index contributed by atoms with van der Waals surface area (Å²) in [6, 6.07) is 23.2. The number of rotatable bonds is 9. The van der Waals surface area contributed by atoms with Crippen molar-refractivity contribution in [2.24, 2.45) is 5.92 Å². The second-order valence-corrected chi connectivity index (χ2v) is 13.9. The van der Waals surface area contributed by atoms with E-state index in [2.05, 4.69) is 0 Å². The molecule has 1 aliphatic heterocycles. The molecule has 1 saturated heterocycles. The second-order valence-electron chi connectivity index (χ2n) is 9.27. The van der Waals surface area contributed by atoms with Gasteiger partial charge in [0.2, 0.25) is 10.0 Å². The number of thioether (sulfide) groups is 1. The molecule has 0 spiro atoms. The predicted octanol–water partition coefficient (Wildman–Crippen LogP) is 6.07. The summed E-state index contributed by atoms with van der Waals surface area (Å²) in [5, 5.41) is 3.21. The summed E-state index contributed by atoms with van der Waals surface area (Å²) in [4.78, 5) is 0.486. The van der Waals surface area contributed by atoms with Gasteiger partial charge in [0.15, 0.2) is 9.84 Å². The van der Waals surface area contributed by atoms with Gasteiger partial charge in [0, 0.05) is 23.7 Å². The Morgan fingerprint density at radius 1 is 0.838 bits per heavy atom. The maximum atomic E-state index is 13.6. The van der Waals surface area contributed by atoms with Gasteiger partial charge in [-0.05, 0) is 67.5 Å². The van der Waals surface area contributed by atoms with Crippen LogP contribution in [-0.4, -0.2) is 39.5 Å². The third kappa shape index (κ3) is 7.02. The molecule has 0 N–H and O–H groups in total. The van der Waals surface area contributed by atoms with Crippen LogP contribution in [0, 0.1) is 19.8 Å². The van der Waals surface area contributed by atoms with Crippen LogP contribution >= 0.6 is 11.8 Å². The van der Waals surface area contributed by atoms with E-state index in [0.717, 1.165) is 16.7 Å². The van der Waals surface area contributed by atoms with Gasteiger partial charge < -0.3 is 0 Å². The van der Waals surface area contributed by atoms with E-state index in [9.17, 15) is 16.8 Å². The molecular formula is C29H31NO4S3. The van der Waals surface area contributed by atoms with Crippen LogP contribution < -0.4 is 0 Å². The molecule has 1 aliphatic rings. The fourth-order valence-corrected chi connectivity index (χ4v) is 8.02. The first-order chi connectivity index (χ1) is 17.6. The smallest absolute Gasteiger partial charge is 0.219 e. The molecule has 1 fully saturated rings. The van der Waals surface area contributed by atoms with Crippen LogP contribution in [0.3, 0.4) is 0 Å². The number of aryl methyl sites for hydroxylation is 2. The molecule has 0 aliphatic carbocycles. The van der Waals surface area contributed by atoms with E-state index in [1.165, 1.54) is 9.71 Å². The van der Waals surface area contributed by atoms with Gasteiger partial charge >= 0.3 is 0 Å². The van der Waals surface area contributed by atoms with Crippen molar-refractivity contribution in [3.8, 4) is 0 Å². The summed E-state index contributed by atoms with van der Waals surface area (Å²) in [5.74, 6) is 0.368. The highest BCUT2D eigenvalue weighted by atomic mass is 32.2. The molecule has 37 heavy (non-hydrogen) atoms. The van der Waals surface area contributed by atoms with Crippen LogP contribution in [0.2, 0.25) is 0 Å². The van der Waals surface area contributed by atoms with Crippen LogP contribution in [0.4, 0.5) is 0 Å². The molecule has 0 amide bonds. The monoisotopic (exact) mass is 553 g/mol. The lowest BCUT2D eigenvalue weighted by atomic mass is 10.1. The minimum absolute atomic E-state index is 0.204. The van der Waals surface area contributed by atoms with E-state index in [-0.39, 0.29) is 28.3 Å². The predicted molar refractivity (Wildman–Crippen MR) is 152 cm³/mol. The normalized spacial score (nSPS) is 19.2. The molecule has 3 aromatic carbocycles. The van der Waals surface area contributed by atoms with Gasteiger partial charge in [-0.3, -0.25) is 0 Å². The molecule has 2 atom stereocenters. The Morgan fingerprint density at radius 2 is 1.43 bits per heavy atom. The maximum absolute atomic E-state index is 13.6. The highest BCUT2D eigenvalue weighted by molar-refractivity contribution is 8.02. The average Bonchev–Trinajstić information content (AvgIpc) is 3.31. The summed E-state index contributed by atoms with van der Waals surface area (Å²) >= 11 is 1.56. The number of sulfonamides is 1. The minimum atomic E-state index is -3.72. The van der Waals surface area contributed by atoms with Gasteiger partial charge in [0.1, 0.15) is 0 Å². The molecule has 5 nitrogen and oxygen atoms in total. The average molecular weight is 554 g/mol. The van der Waals surface area contributed by atoms with E-state index in [0.29, 0.717) is 12.2 Å². The number of hydrogen-bond acceptors (Lipinski definition) is 5. The highest BCUT2D eigenvalue weighted by Gasteiger charge is 2.39. The molecule has 0 radical (unpaired) electrons. The van der Waals surface area contributed by atoms with Gasteiger partial charge in [-0.25, -0.2) is 16.8 Å². The first-order valence-electron chi connectivity index (χ1n) is 12.1. The zero-order chi connectivity index (χ0) is 26.5. The zero-order valence-corrected chi connectivity index (χ0v) is 23.3. The Labute approximate surface area is 224 Å². The van der Waals surface area contributed by atoms with E-state index in [1.807, 2.05) is 55.7 Å². The molecule has 0 unspecified atom stereocenters. The van der Waals surface area contributed by atoms with Crippen molar-refractivity contribution in [1.29, 1.82) is 0 Å². The molecule has 8 heteroatoms. The molecule has 0 bridgehead atoms. The molecular weight excluding hydrogens is 523 g/mol. The molecule has 0 saturated carbocycles. The van der Waals surface area contributed by atoms with Gasteiger partial charge in [-0.1, -0.05) is 71.8 Å². The van der Waals surface area contributed by atoms with Crippen molar-refractivity contribution in [2.45, 2.75) is 36.1 Å². The van der Waals surface area contributed by atoms with Gasteiger partial charge in [0.25, 0.3) is 0 Å². The van der Waals surface area contributed by atoms with Gasteiger partial charge in [0.05, 0.1) is 9.79 Å². The van der Waals surface area contributed by atoms with E-state index >= 15 is 0 Å². The summed E-state index contributed by atoms with van der Waals surface area (Å²) in [5.41, 5.74) is 3.05. The third-order valence-corrected chi connectivity index (χ3v) is 10.6. The van der Waals surface area contributed by atoms with Crippen molar-refractivity contribution in [3.63, 3.8) is 0 Å². The van der Waals surface area contributed by atoms with Crippen molar-refractivity contribution in [2.75, 3.05) is 12.3 Å². The molecule has 4 rings (SSSR count). The Bertz CT molecular complexity index is 1460. The van der Waals surface area contributed by atoms with Crippen molar-refractivity contribution in [3.05, 3.63) is 112 Å². The topological polar surface area (TPSA) is 71.5 Å². The molecule has 3 aromatic rings. The SMILES string of the molecule is Cc1ccc(S(=O)(=O)/C=C/[C@H]2C[C@@H](CS/C=C/c3ccccc3)N(S(=O)(=O)c3ccc(C)cc3)C2)cc1. The molecule has 1 heterocycles. The van der Waals surface area contributed by atoms with Gasteiger partial charge in [-0.2, -0.15) is 4.31 Å². The lowest BCUT2D eigenvalue weighted by Crippen LogP contribution is -2.37. The Balaban J connectivity index is 1.53. The van der Waals surface area contributed by atoms with Crippen molar-refractivity contribution >= 4 is 37.7 Å². The van der Waals surface area contributed by atoms with Gasteiger partial charge in [-0.15, -0.1) is 11.8 Å². The fourth-order valence-electron chi connectivity index (χ4n) is 4.23.